The van der Waals surface area contributed by atoms with Gasteiger partial charge in [-0.05, 0) is 23.8 Å². The molecule has 0 bridgehead atoms. The summed E-state index contributed by atoms with van der Waals surface area (Å²) in [6.45, 7) is 0.462. The largest absolute Gasteiger partial charge is 0.491 e. The van der Waals surface area contributed by atoms with Crippen molar-refractivity contribution in [2.75, 3.05) is 6.61 Å². The van der Waals surface area contributed by atoms with Crippen molar-refractivity contribution < 1.29 is 9.53 Å². The Morgan fingerprint density at radius 2 is 2.43 bits per heavy atom. The van der Waals surface area contributed by atoms with Gasteiger partial charge in [0.2, 0.25) is 6.08 Å². The van der Waals surface area contributed by atoms with E-state index in [-0.39, 0.29) is 6.04 Å². The molecule has 14 heavy (non-hydrogen) atoms. The fourth-order valence-corrected chi connectivity index (χ4v) is 1.91. The first kappa shape index (κ1) is 9.44. The first-order chi connectivity index (χ1) is 6.79. The zero-order valence-corrected chi connectivity index (χ0v) is 8.95. The van der Waals surface area contributed by atoms with Crippen molar-refractivity contribution >= 4 is 22.0 Å². The first-order valence-corrected chi connectivity index (χ1v) is 5.07. The first-order valence-electron chi connectivity index (χ1n) is 4.28. The number of ether oxygens (including phenoxy) is 1. The smallest absolute Gasteiger partial charge is 0.235 e. The molecule has 1 aromatic carbocycles. The minimum absolute atomic E-state index is 0.0886. The van der Waals surface area contributed by atoms with E-state index in [1.54, 1.807) is 6.08 Å². The monoisotopic (exact) mass is 253 g/mol. The lowest BCUT2D eigenvalue weighted by molar-refractivity contribution is 0.264. The molecule has 0 radical (unpaired) electrons. The van der Waals surface area contributed by atoms with E-state index in [1.165, 1.54) is 0 Å². The Kier molecular flexibility index (Phi) is 2.66. The molecule has 0 N–H and O–H groups in total. The molecule has 0 saturated heterocycles. The van der Waals surface area contributed by atoms with Gasteiger partial charge in [-0.1, -0.05) is 15.9 Å². The van der Waals surface area contributed by atoms with E-state index in [0.29, 0.717) is 6.61 Å². The number of hydrogen-bond donors (Lipinski definition) is 0. The van der Waals surface area contributed by atoms with E-state index < -0.39 is 0 Å². The summed E-state index contributed by atoms with van der Waals surface area (Å²) >= 11 is 3.39. The summed E-state index contributed by atoms with van der Waals surface area (Å²) in [5, 5.41) is 0. The highest BCUT2D eigenvalue weighted by Gasteiger charge is 2.18. The Bertz CT molecular complexity index is 399. The van der Waals surface area contributed by atoms with Crippen LogP contribution in [-0.4, -0.2) is 18.7 Å². The standard InChI is InChI=1S/C10H8BrNO2/c11-8-1-2-10-7(3-8)4-9(5-14-10)12-6-13/h1-3,9H,4-5H2/t9-/m0/s1. The Morgan fingerprint density at radius 3 is 3.21 bits per heavy atom. The Morgan fingerprint density at radius 1 is 1.57 bits per heavy atom. The minimum Gasteiger partial charge on any atom is -0.491 e. The van der Waals surface area contributed by atoms with Crippen LogP contribution in [0.25, 0.3) is 0 Å². The molecule has 1 aromatic rings. The average Bonchev–Trinajstić information content (AvgIpc) is 2.17. The number of rotatable bonds is 1. The summed E-state index contributed by atoms with van der Waals surface area (Å²) < 4.78 is 6.46. The van der Waals surface area contributed by atoms with Gasteiger partial charge >= 0.3 is 0 Å². The maximum absolute atomic E-state index is 10.1. The number of benzene rings is 1. The SMILES string of the molecule is O=C=N[C@@H]1COc2ccc(Br)cc2C1. The lowest BCUT2D eigenvalue weighted by Crippen LogP contribution is -2.24. The van der Waals surface area contributed by atoms with Gasteiger partial charge in [0.15, 0.2) is 0 Å². The lowest BCUT2D eigenvalue weighted by atomic mass is 10.0. The summed E-state index contributed by atoms with van der Waals surface area (Å²) in [6, 6.07) is 5.75. The number of isocyanates is 1. The average molecular weight is 254 g/mol. The van der Waals surface area contributed by atoms with Gasteiger partial charge < -0.3 is 4.74 Å². The summed E-state index contributed by atoms with van der Waals surface area (Å²) in [5.74, 6) is 0.880. The summed E-state index contributed by atoms with van der Waals surface area (Å²) in [5.41, 5.74) is 1.08. The summed E-state index contributed by atoms with van der Waals surface area (Å²) in [4.78, 5) is 13.8. The van der Waals surface area contributed by atoms with Gasteiger partial charge in [-0.15, -0.1) is 0 Å². The van der Waals surface area contributed by atoms with Crippen LogP contribution in [-0.2, 0) is 11.2 Å². The Hall–Kier alpha value is -1.12. The molecular formula is C10H8BrNO2. The van der Waals surface area contributed by atoms with E-state index in [9.17, 15) is 4.79 Å². The third-order valence-corrected chi connectivity index (χ3v) is 2.64. The van der Waals surface area contributed by atoms with Crippen molar-refractivity contribution in [1.82, 2.24) is 0 Å². The third kappa shape index (κ3) is 1.86. The van der Waals surface area contributed by atoms with Crippen LogP contribution in [0.1, 0.15) is 5.56 Å². The van der Waals surface area contributed by atoms with E-state index in [2.05, 4.69) is 20.9 Å². The molecule has 3 nitrogen and oxygen atoms in total. The van der Waals surface area contributed by atoms with Gasteiger partial charge in [0.05, 0.1) is 0 Å². The lowest BCUT2D eigenvalue weighted by Gasteiger charge is -2.21. The fourth-order valence-electron chi connectivity index (χ4n) is 1.50. The fraction of sp³-hybridized carbons (Fsp3) is 0.300. The number of aliphatic imine (C=N–C) groups is 1. The molecule has 0 saturated carbocycles. The second-order valence-corrected chi connectivity index (χ2v) is 4.06. The van der Waals surface area contributed by atoms with Crippen molar-refractivity contribution in [2.24, 2.45) is 4.99 Å². The molecule has 72 valence electrons. The van der Waals surface area contributed by atoms with Crippen LogP contribution in [0.4, 0.5) is 0 Å². The second kappa shape index (κ2) is 3.95. The van der Waals surface area contributed by atoms with Crippen LogP contribution in [0, 0.1) is 0 Å². The zero-order valence-electron chi connectivity index (χ0n) is 7.37. The highest BCUT2D eigenvalue weighted by Crippen LogP contribution is 2.28. The maximum atomic E-state index is 10.1. The van der Waals surface area contributed by atoms with Gasteiger partial charge in [0, 0.05) is 10.9 Å². The molecule has 0 aromatic heterocycles. The summed E-state index contributed by atoms with van der Waals surface area (Å²) in [7, 11) is 0. The molecule has 0 spiro atoms. The molecular weight excluding hydrogens is 246 g/mol. The third-order valence-electron chi connectivity index (χ3n) is 2.14. The van der Waals surface area contributed by atoms with Crippen LogP contribution in [0.3, 0.4) is 0 Å². The van der Waals surface area contributed by atoms with E-state index in [4.69, 9.17) is 4.74 Å². The maximum Gasteiger partial charge on any atom is 0.235 e. The van der Waals surface area contributed by atoms with Gasteiger partial charge in [0.25, 0.3) is 0 Å². The van der Waals surface area contributed by atoms with Crippen LogP contribution in [0.2, 0.25) is 0 Å². The molecule has 1 atom stereocenters. The van der Waals surface area contributed by atoms with Crippen molar-refractivity contribution in [1.29, 1.82) is 0 Å². The van der Waals surface area contributed by atoms with E-state index in [1.807, 2.05) is 18.2 Å². The van der Waals surface area contributed by atoms with Gasteiger partial charge in [-0.3, -0.25) is 0 Å². The van der Waals surface area contributed by atoms with Crippen molar-refractivity contribution in [3.63, 3.8) is 0 Å². The second-order valence-electron chi connectivity index (χ2n) is 3.14. The van der Waals surface area contributed by atoms with Crippen molar-refractivity contribution in [2.45, 2.75) is 12.5 Å². The van der Waals surface area contributed by atoms with Crippen LogP contribution < -0.4 is 4.74 Å². The summed E-state index contributed by atoms with van der Waals surface area (Å²) in [6.07, 6.45) is 2.31. The van der Waals surface area contributed by atoms with Gasteiger partial charge in [-0.25, -0.2) is 4.79 Å². The molecule has 1 aliphatic rings. The van der Waals surface area contributed by atoms with Gasteiger partial charge in [-0.2, -0.15) is 4.99 Å². The molecule has 0 fully saturated rings. The normalized spacial score (nSPS) is 19.1. The minimum atomic E-state index is -0.0886. The van der Waals surface area contributed by atoms with Crippen LogP contribution >= 0.6 is 15.9 Å². The van der Waals surface area contributed by atoms with Crippen molar-refractivity contribution in [3.05, 3.63) is 28.2 Å². The molecule has 2 rings (SSSR count). The number of nitrogens with zero attached hydrogens (tertiary/aromatic N) is 1. The number of halogens is 1. The van der Waals surface area contributed by atoms with Crippen LogP contribution in [0.15, 0.2) is 27.7 Å². The number of carbonyl (C=O) groups excluding carboxylic acids is 1. The predicted octanol–water partition coefficient (Wildman–Crippen LogP) is 2.09. The molecule has 0 amide bonds. The van der Waals surface area contributed by atoms with E-state index >= 15 is 0 Å². The quantitative estimate of drug-likeness (QED) is 0.568. The molecule has 4 heteroatoms. The molecule has 1 heterocycles. The van der Waals surface area contributed by atoms with Crippen LogP contribution in [0.5, 0.6) is 5.75 Å². The zero-order chi connectivity index (χ0) is 9.97. The molecule has 0 aliphatic carbocycles. The predicted molar refractivity (Wildman–Crippen MR) is 55.3 cm³/mol. The van der Waals surface area contributed by atoms with Crippen molar-refractivity contribution in [3.8, 4) is 5.75 Å². The highest BCUT2D eigenvalue weighted by molar-refractivity contribution is 9.10. The number of fused-ring (bicyclic) bond motifs is 1. The molecule has 0 unspecified atom stereocenters. The highest BCUT2D eigenvalue weighted by atomic mass is 79.9. The van der Waals surface area contributed by atoms with Gasteiger partial charge in [0.1, 0.15) is 18.4 Å². The Labute approximate surface area is 89.9 Å². The topological polar surface area (TPSA) is 38.7 Å². The Balaban J connectivity index is 2.28. The number of hydrogen-bond acceptors (Lipinski definition) is 3. The van der Waals surface area contributed by atoms with E-state index in [0.717, 1.165) is 22.2 Å². The molecule has 1 aliphatic heterocycles.